The van der Waals surface area contributed by atoms with Crippen LogP contribution in [0.2, 0.25) is 0 Å². The molecule has 0 aliphatic carbocycles. The van der Waals surface area contributed by atoms with E-state index in [1.165, 1.54) is 4.31 Å². The lowest BCUT2D eigenvalue weighted by molar-refractivity contribution is -0.122. The molecule has 1 aromatic heterocycles. The van der Waals surface area contributed by atoms with E-state index in [1.54, 1.807) is 6.07 Å². The number of anilines is 1. The Labute approximate surface area is 252 Å². The van der Waals surface area contributed by atoms with Crippen LogP contribution in [0, 0.1) is 0 Å². The number of rotatable bonds is 10. The number of aromatic nitrogens is 1. The Kier molecular flexibility index (Phi) is 11.2. The van der Waals surface area contributed by atoms with E-state index in [4.69, 9.17) is 14.6 Å². The monoisotopic (exact) mass is 614 g/mol. The maximum Gasteiger partial charge on any atom is 0.290 e. The Bertz CT molecular complexity index is 1490. The number of carbonyl (C=O) groups is 2. The van der Waals surface area contributed by atoms with Gasteiger partial charge in [0.15, 0.2) is 0 Å². The van der Waals surface area contributed by atoms with E-state index in [-0.39, 0.29) is 30.7 Å². The van der Waals surface area contributed by atoms with Gasteiger partial charge in [-0.05, 0) is 55.9 Å². The summed E-state index contributed by atoms with van der Waals surface area (Å²) in [6.07, 6.45) is 4.19. The highest BCUT2D eigenvalue weighted by molar-refractivity contribution is 7.92. The molecule has 0 saturated carbocycles. The molecule has 2 aromatic carbocycles. The smallest absolute Gasteiger partial charge is 0.290 e. The summed E-state index contributed by atoms with van der Waals surface area (Å²) in [5.74, 6) is -0.327. The van der Waals surface area contributed by atoms with Crippen LogP contribution in [-0.4, -0.2) is 85.8 Å². The highest BCUT2D eigenvalue weighted by atomic mass is 32.2. The van der Waals surface area contributed by atoms with Crippen molar-refractivity contribution < 1.29 is 33.0 Å². The van der Waals surface area contributed by atoms with Crippen LogP contribution >= 0.6 is 0 Å². The third kappa shape index (κ3) is 7.74. The van der Waals surface area contributed by atoms with Crippen molar-refractivity contribution in [2.45, 2.75) is 64.3 Å². The number of ether oxygens (including phenoxy) is 1. The van der Waals surface area contributed by atoms with E-state index in [0.29, 0.717) is 44.0 Å². The summed E-state index contributed by atoms with van der Waals surface area (Å²) in [6.45, 7) is 6.03. The number of hydrogen-bond acceptors (Lipinski definition) is 7. The topological polar surface area (TPSA) is 150 Å². The molecule has 3 aromatic rings. The minimum Gasteiger partial charge on any atom is -0.483 e. The van der Waals surface area contributed by atoms with Gasteiger partial charge in [0.2, 0.25) is 10.0 Å². The highest BCUT2D eigenvalue weighted by Gasteiger charge is 2.31. The van der Waals surface area contributed by atoms with Crippen LogP contribution in [0.25, 0.3) is 10.9 Å². The van der Waals surface area contributed by atoms with E-state index in [9.17, 15) is 18.3 Å². The molecule has 2 aliphatic heterocycles. The minimum atomic E-state index is -3.53. The predicted octanol–water partition coefficient (Wildman–Crippen LogP) is 2.54. The number of carboxylic acid groups (broad SMARTS) is 1. The number of nitrogens with zero attached hydrogens (tertiary/aromatic N) is 2. The molecule has 1 amide bonds. The molecule has 11 nitrogen and oxygen atoms in total. The summed E-state index contributed by atoms with van der Waals surface area (Å²) in [5.41, 5.74) is 3.84. The number of hydrogen-bond donors (Lipinski definition) is 4. The summed E-state index contributed by atoms with van der Waals surface area (Å²) in [5, 5.41) is 25.6. The van der Waals surface area contributed by atoms with Gasteiger partial charge < -0.3 is 30.2 Å². The first kappa shape index (κ1) is 32.5. The van der Waals surface area contributed by atoms with Crippen molar-refractivity contribution in [2.24, 2.45) is 0 Å². The number of benzene rings is 2. The number of carbonyl (C=O) groups excluding carboxylic acids is 1. The molecule has 1 fully saturated rings. The number of amides is 1. The predicted molar refractivity (Wildman–Crippen MR) is 166 cm³/mol. The summed E-state index contributed by atoms with van der Waals surface area (Å²) in [6, 6.07) is 13.1. The van der Waals surface area contributed by atoms with Gasteiger partial charge in [0.05, 0.1) is 29.1 Å². The van der Waals surface area contributed by atoms with Crippen molar-refractivity contribution in [3.8, 4) is 0 Å². The fourth-order valence-corrected chi connectivity index (χ4v) is 7.32. The van der Waals surface area contributed by atoms with Crippen LogP contribution in [0.15, 0.2) is 48.7 Å². The Morgan fingerprint density at radius 2 is 1.86 bits per heavy atom. The SMILES string of the molecule is CCc1cn2c3c(cc(C(=O)N[C@@H](Cc4ccccc4)[C@H](O)CNC4CCOCC4)cc13)N(CC)S(=O)(=O)CC2.O=CO. The standard InChI is InChI=1S/C30H40N4O5S.CH2O2/c1-3-22-20-33-12-15-40(37,38)34(4-2)27-18-23(17-25(22)29(27)33)30(36)32-26(16-21-8-6-5-7-9-21)28(35)19-31-24-10-13-39-14-11-24;2-1-3/h5-9,17-18,20,24,26,28,31,35H,3-4,10-16,19H2,1-2H3,(H,32,36);1H,(H,2,3)/t26-,28+;/m0./s1. The van der Waals surface area contributed by atoms with Crippen LogP contribution in [-0.2, 0) is 38.9 Å². The van der Waals surface area contributed by atoms with Gasteiger partial charge in [0.25, 0.3) is 12.4 Å². The number of sulfonamides is 1. The zero-order valence-electron chi connectivity index (χ0n) is 24.7. The maximum absolute atomic E-state index is 13.8. The lowest BCUT2D eigenvalue weighted by Crippen LogP contribution is -2.50. The van der Waals surface area contributed by atoms with E-state index in [1.807, 2.05) is 54.1 Å². The van der Waals surface area contributed by atoms with Crippen LogP contribution in [0.5, 0.6) is 0 Å². The largest absolute Gasteiger partial charge is 0.483 e. The quantitative estimate of drug-likeness (QED) is 0.255. The van der Waals surface area contributed by atoms with Crippen molar-refractivity contribution in [1.29, 1.82) is 0 Å². The zero-order valence-corrected chi connectivity index (χ0v) is 25.6. The van der Waals surface area contributed by atoms with Gasteiger partial charge in [-0.25, -0.2) is 8.42 Å². The van der Waals surface area contributed by atoms with Crippen molar-refractivity contribution in [1.82, 2.24) is 15.2 Å². The first-order valence-corrected chi connectivity index (χ1v) is 16.4. The van der Waals surface area contributed by atoms with Gasteiger partial charge in [-0.2, -0.15) is 0 Å². The molecule has 3 heterocycles. The van der Waals surface area contributed by atoms with Gasteiger partial charge in [-0.3, -0.25) is 13.9 Å². The van der Waals surface area contributed by atoms with E-state index in [2.05, 4.69) is 17.6 Å². The molecule has 12 heteroatoms. The van der Waals surface area contributed by atoms with Gasteiger partial charge >= 0.3 is 0 Å². The second-order valence-corrected chi connectivity index (χ2v) is 12.8. The maximum atomic E-state index is 13.8. The van der Waals surface area contributed by atoms with Gasteiger partial charge in [-0.1, -0.05) is 37.3 Å². The van der Waals surface area contributed by atoms with Gasteiger partial charge in [0, 0.05) is 56.0 Å². The summed E-state index contributed by atoms with van der Waals surface area (Å²) in [4.78, 5) is 22.2. The Morgan fingerprint density at radius 1 is 1.16 bits per heavy atom. The molecule has 2 atom stereocenters. The first-order valence-electron chi connectivity index (χ1n) is 14.8. The molecule has 43 heavy (non-hydrogen) atoms. The molecular weight excluding hydrogens is 572 g/mol. The normalized spacial score (nSPS) is 17.8. The van der Waals surface area contributed by atoms with Crippen molar-refractivity contribution >= 4 is 39.0 Å². The van der Waals surface area contributed by atoms with E-state index >= 15 is 0 Å². The zero-order chi connectivity index (χ0) is 31.0. The van der Waals surface area contributed by atoms with Crippen molar-refractivity contribution in [3.63, 3.8) is 0 Å². The molecule has 0 bridgehead atoms. The minimum absolute atomic E-state index is 0.00937. The fourth-order valence-electron chi connectivity index (χ4n) is 5.84. The molecule has 234 valence electrons. The van der Waals surface area contributed by atoms with Crippen LogP contribution < -0.4 is 14.9 Å². The molecule has 0 radical (unpaired) electrons. The van der Waals surface area contributed by atoms with Crippen LogP contribution in [0.1, 0.15) is 48.2 Å². The van der Waals surface area contributed by atoms with Gasteiger partial charge in [0.1, 0.15) is 0 Å². The molecule has 2 aliphatic rings. The molecule has 1 saturated heterocycles. The first-order chi connectivity index (χ1) is 20.7. The fraction of sp³-hybridized carbons (Fsp3) is 0.484. The number of aliphatic hydroxyl groups is 1. The lowest BCUT2D eigenvalue weighted by Gasteiger charge is -2.29. The van der Waals surface area contributed by atoms with Crippen LogP contribution in [0.4, 0.5) is 5.69 Å². The molecule has 5 rings (SSSR count). The lowest BCUT2D eigenvalue weighted by atomic mass is 9.99. The number of aryl methyl sites for hydroxylation is 2. The van der Waals surface area contributed by atoms with Gasteiger partial charge in [-0.15, -0.1) is 0 Å². The van der Waals surface area contributed by atoms with Crippen molar-refractivity contribution in [2.75, 3.05) is 36.4 Å². The Hall–Kier alpha value is -3.45. The second kappa shape index (κ2) is 14.8. The third-order valence-electron chi connectivity index (χ3n) is 8.08. The third-order valence-corrected chi connectivity index (χ3v) is 9.90. The average Bonchev–Trinajstić information content (AvgIpc) is 3.33. The number of nitrogens with one attached hydrogen (secondary N) is 2. The Balaban J connectivity index is 0.00000135. The second-order valence-electron chi connectivity index (χ2n) is 10.8. The van der Waals surface area contributed by atoms with E-state index < -0.39 is 22.2 Å². The molecule has 0 spiro atoms. The highest BCUT2D eigenvalue weighted by Crippen LogP contribution is 2.36. The average molecular weight is 615 g/mol. The molecule has 0 unspecified atom stereocenters. The number of aliphatic hydroxyl groups excluding tert-OH is 1. The van der Waals surface area contributed by atoms with Crippen molar-refractivity contribution in [3.05, 3.63) is 65.4 Å². The summed E-state index contributed by atoms with van der Waals surface area (Å²) in [7, 11) is -3.53. The Morgan fingerprint density at radius 3 is 2.51 bits per heavy atom. The summed E-state index contributed by atoms with van der Waals surface area (Å²) >= 11 is 0. The summed E-state index contributed by atoms with van der Waals surface area (Å²) < 4.78 is 35.1. The van der Waals surface area contributed by atoms with Crippen LogP contribution in [0.3, 0.4) is 0 Å². The molecular formula is C31H42N4O7S. The van der Waals surface area contributed by atoms with E-state index in [0.717, 1.165) is 41.3 Å². The molecule has 4 N–H and O–H groups in total.